The Bertz CT molecular complexity index is 570. The van der Waals surface area contributed by atoms with Crippen LogP contribution in [0, 0.1) is 0 Å². The summed E-state index contributed by atoms with van der Waals surface area (Å²) in [6, 6.07) is 4.10. The number of benzene rings is 1. The lowest BCUT2D eigenvalue weighted by Gasteiger charge is -2.23. The molecule has 23 heavy (non-hydrogen) atoms. The van der Waals surface area contributed by atoms with Crippen molar-refractivity contribution in [2.75, 3.05) is 7.11 Å². The highest BCUT2D eigenvalue weighted by Crippen LogP contribution is 2.22. The number of urea groups is 1. The summed E-state index contributed by atoms with van der Waals surface area (Å²) in [6.45, 7) is 7.53. The van der Waals surface area contributed by atoms with Gasteiger partial charge in [-0.05, 0) is 39.8 Å². The molecule has 0 spiro atoms. The van der Waals surface area contributed by atoms with Crippen LogP contribution >= 0.6 is 11.6 Å². The normalized spacial score (nSPS) is 12.3. The number of amides is 3. The maximum Gasteiger partial charge on any atom is 0.315 e. The topological polar surface area (TPSA) is 79.5 Å². The van der Waals surface area contributed by atoms with Crippen LogP contribution < -0.4 is 20.7 Å². The number of rotatable bonds is 5. The van der Waals surface area contributed by atoms with Crippen molar-refractivity contribution in [3.8, 4) is 5.75 Å². The third-order valence-electron chi connectivity index (χ3n) is 2.93. The summed E-state index contributed by atoms with van der Waals surface area (Å²) in [7, 11) is 1.54. The van der Waals surface area contributed by atoms with Crippen LogP contribution in [0.15, 0.2) is 18.2 Å². The van der Waals surface area contributed by atoms with Crippen molar-refractivity contribution in [2.45, 2.75) is 45.8 Å². The van der Waals surface area contributed by atoms with Crippen molar-refractivity contribution < 1.29 is 14.3 Å². The van der Waals surface area contributed by atoms with Gasteiger partial charge in [-0.1, -0.05) is 17.7 Å². The zero-order chi connectivity index (χ0) is 17.6. The minimum absolute atomic E-state index is 0.239. The molecule has 0 bridgehead atoms. The van der Waals surface area contributed by atoms with E-state index in [4.69, 9.17) is 16.3 Å². The lowest BCUT2D eigenvalue weighted by atomic mass is 10.1. The van der Waals surface area contributed by atoms with Gasteiger partial charge in [0.05, 0.1) is 7.11 Å². The van der Waals surface area contributed by atoms with Crippen molar-refractivity contribution in [1.29, 1.82) is 0 Å². The fourth-order valence-corrected chi connectivity index (χ4v) is 1.99. The van der Waals surface area contributed by atoms with Crippen LogP contribution in [0.25, 0.3) is 0 Å². The highest BCUT2D eigenvalue weighted by atomic mass is 35.5. The van der Waals surface area contributed by atoms with Gasteiger partial charge in [-0.3, -0.25) is 4.79 Å². The molecule has 1 rings (SSSR count). The van der Waals surface area contributed by atoms with E-state index in [9.17, 15) is 9.59 Å². The Hall–Kier alpha value is -1.95. The van der Waals surface area contributed by atoms with Gasteiger partial charge >= 0.3 is 6.03 Å². The van der Waals surface area contributed by atoms with Crippen molar-refractivity contribution in [3.63, 3.8) is 0 Å². The maximum absolute atomic E-state index is 11.9. The first-order chi connectivity index (χ1) is 10.6. The smallest absolute Gasteiger partial charge is 0.315 e. The summed E-state index contributed by atoms with van der Waals surface area (Å²) in [5.41, 5.74) is 0.444. The number of nitrogens with one attached hydrogen (secondary N) is 3. The van der Waals surface area contributed by atoms with Crippen LogP contribution in [0.3, 0.4) is 0 Å². The van der Waals surface area contributed by atoms with Gasteiger partial charge in [0.2, 0.25) is 5.91 Å². The number of hydrogen-bond acceptors (Lipinski definition) is 3. The van der Waals surface area contributed by atoms with E-state index in [-0.39, 0.29) is 18.0 Å². The molecule has 0 aromatic heterocycles. The zero-order valence-electron chi connectivity index (χ0n) is 14.1. The molecule has 1 aromatic carbocycles. The molecule has 1 aromatic rings. The minimum Gasteiger partial charge on any atom is -0.496 e. The van der Waals surface area contributed by atoms with Gasteiger partial charge in [0.15, 0.2) is 0 Å². The number of halogens is 1. The van der Waals surface area contributed by atoms with Crippen molar-refractivity contribution >= 4 is 23.5 Å². The predicted molar refractivity (Wildman–Crippen MR) is 90.7 cm³/mol. The number of carbonyl (C=O) groups is 2. The molecule has 3 N–H and O–H groups in total. The largest absolute Gasteiger partial charge is 0.496 e. The molecule has 7 heteroatoms. The van der Waals surface area contributed by atoms with E-state index >= 15 is 0 Å². The summed E-state index contributed by atoms with van der Waals surface area (Å²) in [6.07, 6.45) is 0. The molecule has 0 aliphatic rings. The predicted octanol–water partition coefficient (Wildman–Crippen LogP) is 2.45. The highest BCUT2D eigenvalue weighted by molar-refractivity contribution is 6.30. The van der Waals surface area contributed by atoms with Gasteiger partial charge in [0.1, 0.15) is 11.8 Å². The van der Waals surface area contributed by atoms with Crippen LogP contribution in [-0.4, -0.2) is 30.6 Å². The molecule has 0 aliphatic heterocycles. The van der Waals surface area contributed by atoms with E-state index in [0.29, 0.717) is 10.8 Å². The summed E-state index contributed by atoms with van der Waals surface area (Å²) < 4.78 is 5.21. The van der Waals surface area contributed by atoms with Crippen LogP contribution in [0.5, 0.6) is 5.75 Å². The van der Waals surface area contributed by atoms with E-state index in [1.54, 1.807) is 25.1 Å². The molecule has 0 saturated carbocycles. The van der Waals surface area contributed by atoms with Crippen LogP contribution in [0.1, 0.15) is 33.3 Å². The second-order valence-electron chi connectivity index (χ2n) is 6.24. The fourth-order valence-electron chi connectivity index (χ4n) is 1.83. The van der Waals surface area contributed by atoms with Crippen LogP contribution in [0.4, 0.5) is 4.79 Å². The second kappa shape index (κ2) is 8.06. The average molecular weight is 342 g/mol. The summed E-state index contributed by atoms with van der Waals surface area (Å²) in [4.78, 5) is 23.8. The lowest BCUT2D eigenvalue weighted by Crippen LogP contribution is -2.52. The molecule has 128 valence electrons. The quantitative estimate of drug-likeness (QED) is 0.769. The molecule has 1 unspecified atom stereocenters. The second-order valence-corrected chi connectivity index (χ2v) is 6.68. The van der Waals surface area contributed by atoms with Crippen LogP contribution in [0.2, 0.25) is 5.02 Å². The Balaban J connectivity index is 2.53. The van der Waals surface area contributed by atoms with Crippen LogP contribution in [-0.2, 0) is 11.3 Å². The Labute approximate surface area is 141 Å². The van der Waals surface area contributed by atoms with Crippen molar-refractivity contribution in [3.05, 3.63) is 28.8 Å². The first-order valence-corrected chi connectivity index (χ1v) is 7.69. The first kappa shape index (κ1) is 19.1. The van der Waals surface area contributed by atoms with E-state index in [1.807, 2.05) is 20.8 Å². The standard InChI is InChI=1S/C16H24ClN3O3/c1-10(14(21)20-16(2,3)4)19-15(22)18-9-11-6-7-12(17)8-13(11)23-5/h6-8,10H,9H2,1-5H3,(H,20,21)(H2,18,19,22). The minimum atomic E-state index is -0.638. The summed E-state index contributed by atoms with van der Waals surface area (Å²) in [5, 5.41) is 8.65. The van der Waals surface area contributed by atoms with Gasteiger partial charge in [0.25, 0.3) is 0 Å². The molecular weight excluding hydrogens is 318 g/mol. The molecular formula is C16H24ClN3O3. The van der Waals surface area contributed by atoms with Crippen molar-refractivity contribution in [1.82, 2.24) is 16.0 Å². The van der Waals surface area contributed by atoms with Gasteiger partial charge in [-0.2, -0.15) is 0 Å². The first-order valence-electron chi connectivity index (χ1n) is 7.31. The Morgan fingerprint density at radius 1 is 1.30 bits per heavy atom. The number of ether oxygens (including phenoxy) is 1. The molecule has 6 nitrogen and oxygen atoms in total. The average Bonchev–Trinajstić information content (AvgIpc) is 2.43. The summed E-state index contributed by atoms with van der Waals surface area (Å²) >= 11 is 5.89. The van der Waals surface area contributed by atoms with Crippen molar-refractivity contribution in [2.24, 2.45) is 0 Å². The van der Waals surface area contributed by atoms with E-state index < -0.39 is 12.1 Å². The SMILES string of the molecule is COc1cc(Cl)ccc1CNC(=O)NC(C)C(=O)NC(C)(C)C. The molecule has 0 fully saturated rings. The Morgan fingerprint density at radius 3 is 2.52 bits per heavy atom. The third-order valence-corrected chi connectivity index (χ3v) is 3.16. The summed E-state index contributed by atoms with van der Waals surface area (Å²) in [5.74, 6) is 0.355. The molecule has 0 aliphatic carbocycles. The molecule has 1 atom stereocenters. The van der Waals surface area contributed by atoms with Gasteiger partial charge < -0.3 is 20.7 Å². The Kier molecular flexibility index (Phi) is 6.69. The lowest BCUT2D eigenvalue weighted by molar-refractivity contribution is -0.123. The third kappa shape index (κ3) is 6.78. The monoisotopic (exact) mass is 341 g/mol. The van der Waals surface area contributed by atoms with E-state index in [1.165, 1.54) is 7.11 Å². The molecule has 3 amide bonds. The molecule has 0 heterocycles. The van der Waals surface area contributed by atoms with Gasteiger partial charge in [-0.25, -0.2) is 4.79 Å². The van der Waals surface area contributed by atoms with E-state index in [2.05, 4.69) is 16.0 Å². The number of hydrogen-bond donors (Lipinski definition) is 3. The van der Waals surface area contributed by atoms with Gasteiger partial charge in [0, 0.05) is 22.7 Å². The van der Waals surface area contributed by atoms with E-state index in [0.717, 1.165) is 5.56 Å². The maximum atomic E-state index is 11.9. The molecule has 0 radical (unpaired) electrons. The Morgan fingerprint density at radius 2 is 1.96 bits per heavy atom. The number of methoxy groups -OCH3 is 1. The highest BCUT2D eigenvalue weighted by Gasteiger charge is 2.20. The fraction of sp³-hybridized carbons (Fsp3) is 0.500. The van der Waals surface area contributed by atoms with Gasteiger partial charge in [-0.15, -0.1) is 0 Å². The zero-order valence-corrected chi connectivity index (χ0v) is 14.9. The molecule has 0 saturated heterocycles. The number of carbonyl (C=O) groups excluding carboxylic acids is 2.